The molecule has 1 amide bonds. The average molecular weight is 348 g/mol. The van der Waals surface area contributed by atoms with E-state index < -0.39 is 0 Å². The van der Waals surface area contributed by atoms with Crippen LogP contribution in [0.1, 0.15) is 26.4 Å². The van der Waals surface area contributed by atoms with Crippen LogP contribution in [0.25, 0.3) is 0 Å². The van der Waals surface area contributed by atoms with Gasteiger partial charge in [0.2, 0.25) is 0 Å². The van der Waals surface area contributed by atoms with Crippen LogP contribution < -0.4 is 10.1 Å². The Bertz CT molecular complexity index is 956. The van der Waals surface area contributed by atoms with Gasteiger partial charge < -0.3 is 10.1 Å². The van der Waals surface area contributed by atoms with Gasteiger partial charge in [-0.05, 0) is 43.7 Å². The van der Waals surface area contributed by atoms with Gasteiger partial charge in [0.25, 0.3) is 5.91 Å². The van der Waals surface area contributed by atoms with Crippen LogP contribution >= 0.6 is 11.3 Å². The number of benzene rings is 2. The SMILES string of the molecule is Cc1sc(NC(=O)c2ccccc2Oc2ccccc2)c(C#N)c1C. The van der Waals surface area contributed by atoms with Crippen molar-refractivity contribution in [3.63, 3.8) is 0 Å². The number of nitrogens with zero attached hydrogens (tertiary/aromatic N) is 1. The minimum atomic E-state index is -0.302. The fraction of sp³-hybridized carbons (Fsp3) is 0.100. The van der Waals surface area contributed by atoms with Crippen LogP contribution in [0.3, 0.4) is 0 Å². The van der Waals surface area contributed by atoms with E-state index in [0.29, 0.717) is 27.6 Å². The number of hydrogen-bond acceptors (Lipinski definition) is 4. The van der Waals surface area contributed by atoms with Gasteiger partial charge in [0.1, 0.15) is 22.6 Å². The van der Waals surface area contributed by atoms with Crippen molar-refractivity contribution in [2.24, 2.45) is 0 Å². The highest BCUT2D eigenvalue weighted by Crippen LogP contribution is 2.33. The Morgan fingerprint density at radius 3 is 2.48 bits per heavy atom. The second-order valence-corrected chi connectivity index (χ2v) is 6.69. The Balaban J connectivity index is 1.89. The molecular formula is C20H16N2O2S. The molecule has 0 unspecified atom stereocenters. The van der Waals surface area contributed by atoms with E-state index in [1.807, 2.05) is 50.2 Å². The van der Waals surface area contributed by atoms with E-state index in [-0.39, 0.29) is 5.91 Å². The number of aryl methyl sites for hydroxylation is 1. The molecule has 1 heterocycles. The number of hydrogen-bond donors (Lipinski definition) is 1. The average Bonchev–Trinajstić information content (AvgIpc) is 2.89. The minimum Gasteiger partial charge on any atom is -0.457 e. The van der Waals surface area contributed by atoms with Gasteiger partial charge >= 0.3 is 0 Å². The molecule has 0 saturated heterocycles. The predicted octanol–water partition coefficient (Wildman–Crippen LogP) is 5.28. The van der Waals surface area contributed by atoms with E-state index >= 15 is 0 Å². The van der Waals surface area contributed by atoms with Crippen molar-refractivity contribution in [3.05, 3.63) is 76.2 Å². The molecule has 1 N–H and O–H groups in total. The molecule has 2 aromatic carbocycles. The zero-order valence-electron chi connectivity index (χ0n) is 13.9. The van der Waals surface area contributed by atoms with Crippen molar-refractivity contribution < 1.29 is 9.53 Å². The van der Waals surface area contributed by atoms with E-state index in [0.717, 1.165) is 10.4 Å². The van der Waals surface area contributed by atoms with Crippen molar-refractivity contribution in [1.82, 2.24) is 0 Å². The first-order valence-corrected chi connectivity index (χ1v) is 8.55. The minimum absolute atomic E-state index is 0.302. The molecule has 3 rings (SSSR count). The maximum atomic E-state index is 12.7. The van der Waals surface area contributed by atoms with Crippen molar-refractivity contribution >= 4 is 22.2 Å². The molecule has 0 fully saturated rings. The molecule has 5 heteroatoms. The van der Waals surface area contributed by atoms with E-state index in [9.17, 15) is 10.1 Å². The molecule has 4 nitrogen and oxygen atoms in total. The van der Waals surface area contributed by atoms with E-state index in [1.54, 1.807) is 18.2 Å². The summed E-state index contributed by atoms with van der Waals surface area (Å²) in [5, 5.41) is 12.7. The lowest BCUT2D eigenvalue weighted by Gasteiger charge is -2.11. The summed E-state index contributed by atoms with van der Waals surface area (Å²) in [6.45, 7) is 3.81. The Hall–Kier alpha value is -3.10. The first-order valence-electron chi connectivity index (χ1n) is 7.73. The van der Waals surface area contributed by atoms with Gasteiger partial charge in [-0.3, -0.25) is 4.79 Å². The Kier molecular flexibility index (Phi) is 4.82. The van der Waals surface area contributed by atoms with Crippen LogP contribution in [0, 0.1) is 25.2 Å². The number of carbonyl (C=O) groups excluding carboxylic acids is 1. The largest absolute Gasteiger partial charge is 0.457 e. The third-order valence-electron chi connectivity index (χ3n) is 3.83. The Labute approximate surface area is 150 Å². The molecule has 0 aliphatic heterocycles. The van der Waals surface area contributed by atoms with Crippen LogP contribution in [-0.4, -0.2) is 5.91 Å². The van der Waals surface area contributed by atoms with Crippen molar-refractivity contribution in [1.29, 1.82) is 5.26 Å². The molecule has 0 spiro atoms. The monoisotopic (exact) mass is 348 g/mol. The quantitative estimate of drug-likeness (QED) is 0.697. The van der Waals surface area contributed by atoms with Crippen molar-refractivity contribution in [3.8, 4) is 17.6 Å². The maximum absolute atomic E-state index is 12.7. The maximum Gasteiger partial charge on any atom is 0.260 e. The summed E-state index contributed by atoms with van der Waals surface area (Å²) in [6, 6.07) is 18.5. The van der Waals surface area contributed by atoms with Gasteiger partial charge in [0.05, 0.1) is 11.1 Å². The molecule has 0 aliphatic rings. The van der Waals surface area contributed by atoms with E-state index in [4.69, 9.17) is 4.74 Å². The summed E-state index contributed by atoms with van der Waals surface area (Å²) in [7, 11) is 0. The number of nitriles is 1. The number of amides is 1. The Morgan fingerprint density at radius 1 is 1.08 bits per heavy atom. The summed E-state index contributed by atoms with van der Waals surface area (Å²) < 4.78 is 5.83. The normalized spacial score (nSPS) is 10.1. The molecule has 1 aromatic heterocycles. The molecule has 3 aromatic rings. The van der Waals surface area contributed by atoms with Gasteiger partial charge in [-0.15, -0.1) is 11.3 Å². The van der Waals surface area contributed by atoms with Crippen LogP contribution in [-0.2, 0) is 0 Å². The van der Waals surface area contributed by atoms with Gasteiger partial charge in [0, 0.05) is 4.88 Å². The summed E-state index contributed by atoms with van der Waals surface area (Å²) in [5.74, 6) is 0.822. The molecule has 0 aliphatic carbocycles. The van der Waals surface area contributed by atoms with Crippen LogP contribution in [0.15, 0.2) is 54.6 Å². The lowest BCUT2D eigenvalue weighted by Crippen LogP contribution is -2.12. The molecule has 0 radical (unpaired) electrons. The standard InChI is InChI=1S/C20H16N2O2S/c1-13-14(2)25-20(17(13)12-21)22-19(23)16-10-6-7-11-18(16)24-15-8-4-3-5-9-15/h3-11H,1-2H3,(H,22,23). The molecule has 0 bridgehead atoms. The fourth-order valence-corrected chi connectivity index (χ4v) is 3.38. The highest BCUT2D eigenvalue weighted by atomic mass is 32.1. The number of rotatable bonds is 4. The van der Waals surface area contributed by atoms with Gasteiger partial charge in [-0.25, -0.2) is 0 Å². The summed E-state index contributed by atoms with van der Waals surface area (Å²) in [5.41, 5.74) is 1.83. The molecular weight excluding hydrogens is 332 g/mol. The molecule has 0 saturated carbocycles. The summed E-state index contributed by atoms with van der Waals surface area (Å²) in [6.07, 6.45) is 0. The zero-order valence-corrected chi connectivity index (χ0v) is 14.7. The van der Waals surface area contributed by atoms with Crippen LogP contribution in [0.2, 0.25) is 0 Å². The number of thiophene rings is 1. The number of para-hydroxylation sites is 2. The fourth-order valence-electron chi connectivity index (χ4n) is 2.38. The molecule has 124 valence electrons. The van der Waals surface area contributed by atoms with E-state index in [2.05, 4.69) is 11.4 Å². The highest BCUT2D eigenvalue weighted by molar-refractivity contribution is 7.16. The topological polar surface area (TPSA) is 62.1 Å². The molecule has 0 atom stereocenters. The van der Waals surface area contributed by atoms with Crippen LogP contribution in [0.4, 0.5) is 5.00 Å². The van der Waals surface area contributed by atoms with Gasteiger partial charge in [0.15, 0.2) is 0 Å². The number of nitrogens with one attached hydrogen (secondary N) is 1. The zero-order chi connectivity index (χ0) is 17.8. The van der Waals surface area contributed by atoms with Crippen molar-refractivity contribution in [2.45, 2.75) is 13.8 Å². The first kappa shape index (κ1) is 16.7. The first-order chi connectivity index (χ1) is 12.1. The highest BCUT2D eigenvalue weighted by Gasteiger charge is 2.18. The molecule has 25 heavy (non-hydrogen) atoms. The third-order valence-corrected chi connectivity index (χ3v) is 4.95. The lowest BCUT2D eigenvalue weighted by molar-refractivity contribution is 0.102. The smallest absolute Gasteiger partial charge is 0.260 e. The number of ether oxygens (including phenoxy) is 1. The Morgan fingerprint density at radius 2 is 1.76 bits per heavy atom. The van der Waals surface area contributed by atoms with E-state index in [1.165, 1.54) is 11.3 Å². The third kappa shape index (κ3) is 3.54. The van der Waals surface area contributed by atoms with Crippen LogP contribution in [0.5, 0.6) is 11.5 Å². The predicted molar refractivity (Wildman–Crippen MR) is 99.4 cm³/mol. The summed E-state index contributed by atoms with van der Waals surface area (Å²) in [4.78, 5) is 13.7. The second kappa shape index (κ2) is 7.20. The summed E-state index contributed by atoms with van der Waals surface area (Å²) >= 11 is 1.40. The lowest BCUT2D eigenvalue weighted by atomic mass is 10.1. The van der Waals surface area contributed by atoms with Crippen molar-refractivity contribution in [2.75, 3.05) is 5.32 Å². The van der Waals surface area contributed by atoms with Gasteiger partial charge in [-0.1, -0.05) is 30.3 Å². The number of carbonyl (C=O) groups is 1. The number of anilines is 1. The second-order valence-electron chi connectivity index (χ2n) is 5.46. The van der Waals surface area contributed by atoms with Gasteiger partial charge in [-0.2, -0.15) is 5.26 Å².